The third kappa shape index (κ3) is 2.85. The molecule has 90 valence electrons. The average Bonchev–Trinajstić information content (AvgIpc) is 2.35. The molecule has 4 N–H and O–H groups in total. The fraction of sp³-hybridized carbons (Fsp3) is 0.455. The summed E-state index contributed by atoms with van der Waals surface area (Å²) in [6, 6.07) is 4.95. The Labute approximate surface area is 94.4 Å². The SMILES string of the molecule is COc1cc(OC)cc(C(O)C(O)CN)c1. The zero-order valence-electron chi connectivity index (χ0n) is 9.38. The van der Waals surface area contributed by atoms with E-state index >= 15 is 0 Å². The molecular formula is C11H17NO4. The molecular weight excluding hydrogens is 210 g/mol. The van der Waals surface area contributed by atoms with E-state index < -0.39 is 12.2 Å². The summed E-state index contributed by atoms with van der Waals surface area (Å²) in [5, 5.41) is 19.2. The van der Waals surface area contributed by atoms with E-state index in [1.807, 2.05) is 0 Å². The molecule has 0 saturated heterocycles. The molecule has 2 unspecified atom stereocenters. The monoisotopic (exact) mass is 227 g/mol. The van der Waals surface area contributed by atoms with Crippen LogP contribution in [0.2, 0.25) is 0 Å². The molecule has 1 aromatic rings. The summed E-state index contributed by atoms with van der Waals surface area (Å²) in [6.45, 7) is -0.0132. The summed E-state index contributed by atoms with van der Waals surface area (Å²) in [6.07, 6.45) is -2.05. The van der Waals surface area contributed by atoms with E-state index in [-0.39, 0.29) is 6.54 Å². The minimum Gasteiger partial charge on any atom is -0.497 e. The molecule has 0 amide bonds. The second kappa shape index (κ2) is 5.69. The highest BCUT2D eigenvalue weighted by atomic mass is 16.5. The number of hydrogen-bond acceptors (Lipinski definition) is 5. The molecule has 0 heterocycles. The molecule has 0 aliphatic carbocycles. The Morgan fingerprint density at radius 1 is 1.12 bits per heavy atom. The Balaban J connectivity index is 3.02. The molecule has 0 fully saturated rings. The lowest BCUT2D eigenvalue weighted by molar-refractivity contribution is 0.0241. The third-order valence-electron chi connectivity index (χ3n) is 2.32. The van der Waals surface area contributed by atoms with Crippen LogP contribution in [0.4, 0.5) is 0 Å². The van der Waals surface area contributed by atoms with E-state index in [1.165, 1.54) is 14.2 Å². The van der Waals surface area contributed by atoms with Crippen molar-refractivity contribution in [3.8, 4) is 11.5 Å². The lowest BCUT2D eigenvalue weighted by atomic mass is 10.0. The van der Waals surface area contributed by atoms with Gasteiger partial charge in [0.1, 0.15) is 17.6 Å². The van der Waals surface area contributed by atoms with E-state index in [0.717, 1.165) is 0 Å². The van der Waals surface area contributed by atoms with Crippen LogP contribution in [0.5, 0.6) is 11.5 Å². The van der Waals surface area contributed by atoms with Crippen molar-refractivity contribution in [1.82, 2.24) is 0 Å². The van der Waals surface area contributed by atoms with Crippen LogP contribution in [0.1, 0.15) is 11.7 Å². The van der Waals surface area contributed by atoms with Crippen LogP contribution < -0.4 is 15.2 Å². The van der Waals surface area contributed by atoms with Crippen molar-refractivity contribution in [1.29, 1.82) is 0 Å². The topological polar surface area (TPSA) is 84.9 Å². The molecule has 0 aliphatic rings. The van der Waals surface area contributed by atoms with Crippen LogP contribution in [0, 0.1) is 0 Å². The van der Waals surface area contributed by atoms with Crippen LogP contribution >= 0.6 is 0 Å². The van der Waals surface area contributed by atoms with E-state index in [0.29, 0.717) is 17.1 Å². The van der Waals surface area contributed by atoms with Crippen molar-refractivity contribution in [3.05, 3.63) is 23.8 Å². The van der Waals surface area contributed by atoms with Crippen LogP contribution in [-0.4, -0.2) is 37.1 Å². The van der Waals surface area contributed by atoms with Crippen molar-refractivity contribution < 1.29 is 19.7 Å². The minimum atomic E-state index is -1.05. The van der Waals surface area contributed by atoms with Crippen molar-refractivity contribution in [2.24, 2.45) is 5.73 Å². The molecule has 0 radical (unpaired) electrons. The maximum Gasteiger partial charge on any atom is 0.122 e. The number of nitrogens with two attached hydrogens (primary N) is 1. The largest absolute Gasteiger partial charge is 0.497 e. The number of ether oxygens (including phenoxy) is 2. The van der Waals surface area contributed by atoms with Gasteiger partial charge in [0.15, 0.2) is 0 Å². The fourth-order valence-electron chi connectivity index (χ4n) is 1.35. The molecule has 0 aromatic heterocycles. The van der Waals surface area contributed by atoms with Gasteiger partial charge in [-0.15, -0.1) is 0 Å². The fourth-order valence-corrected chi connectivity index (χ4v) is 1.35. The van der Waals surface area contributed by atoms with Crippen molar-refractivity contribution in [2.45, 2.75) is 12.2 Å². The van der Waals surface area contributed by atoms with Gasteiger partial charge >= 0.3 is 0 Å². The minimum absolute atomic E-state index is 0.0132. The van der Waals surface area contributed by atoms with E-state index in [2.05, 4.69) is 0 Å². The normalized spacial score (nSPS) is 14.3. The molecule has 1 aromatic carbocycles. The molecule has 16 heavy (non-hydrogen) atoms. The van der Waals surface area contributed by atoms with Gasteiger partial charge in [0.25, 0.3) is 0 Å². The number of methoxy groups -OCH3 is 2. The Morgan fingerprint density at radius 3 is 2.00 bits per heavy atom. The molecule has 5 heteroatoms. The maximum absolute atomic E-state index is 9.79. The van der Waals surface area contributed by atoms with Gasteiger partial charge in [-0.05, 0) is 17.7 Å². The van der Waals surface area contributed by atoms with Gasteiger partial charge in [0, 0.05) is 12.6 Å². The Hall–Kier alpha value is -1.30. The molecule has 5 nitrogen and oxygen atoms in total. The zero-order chi connectivity index (χ0) is 12.1. The molecule has 0 aliphatic heterocycles. The first kappa shape index (κ1) is 12.8. The van der Waals surface area contributed by atoms with Crippen molar-refractivity contribution in [2.75, 3.05) is 20.8 Å². The third-order valence-corrected chi connectivity index (χ3v) is 2.32. The van der Waals surface area contributed by atoms with Gasteiger partial charge in [0.2, 0.25) is 0 Å². The van der Waals surface area contributed by atoms with Crippen molar-refractivity contribution in [3.63, 3.8) is 0 Å². The highest BCUT2D eigenvalue weighted by molar-refractivity contribution is 5.39. The number of benzene rings is 1. The number of rotatable bonds is 5. The van der Waals surface area contributed by atoms with Crippen LogP contribution in [-0.2, 0) is 0 Å². The Kier molecular flexibility index (Phi) is 4.54. The Morgan fingerprint density at radius 2 is 1.62 bits per heavy atom. The number of aliphatic hydroxyl groups is 2. The van der Waals surface area contributed by atoms with Crippen LogP contribution in [0.15, 0.2) is 18.2 Å². The van der Waals surface area contributed by atoms with Gasteiger partial charge in [-0.3, -0.25) is 0 Å². The zero-order valence-corrected chi connectivity index (χ0v) is 9.38. The summed E-state index contributed by atoms with van der Waals surface area (Å²) in [5.74, 6) is 1.11. The van der Waals surface area contributed by atoms with Gasteiger partial charge in [-0.2, -0.15) is 0 Å². The predicted molar refractivity (Wildman–Crippen MR) is 59.6 cm³/mol. The second-order valence-electron chi connectivity index (χ2n) is 3.39. The first-order valence-electron chi connectivity index (χ1n) is 4.91. The van der Waals surface area contributed by atoms with E-state index in [1.54, 1.807) is 18.2 Å². The van der Waals surface area contributed by atoms with Crippen LogP contribution in [0.3, 0.4) is 0 Å². The van der Waals surface area contributed by atoms with E-state index in [4.69, 9.17) is 15.2 Å². The summed E-state index contributed by atoms with van der Waals surface area (Å²) in [4.78, 5) is 0. The maximum atomic E-state index is 9.79. The first-order chi connectivity index (χ1) is 7.62. The van der Waals surface area contributed by atoms with Crippen LogP contribution in [0.25, 0.3) is 0 Å². The molecule has 0 bridgehead atoms. The summed E-state index contributed by atoms with van der Waals surface area (Å²) < 4.78 is 10.1. The number of aliphatic hydroxyl groups excluding tert-OH is 2. The smallest absolute Gasteiger partial charge is 0.122 e. The molecule has 1 rings (SSSR count). The summed E-state index contributed by atoms with van der Waals surface area (Å²) >= 11 is 0. The summed E-state index contributed by atoms with van der Waals surface area (Å²) in [7, 11) is 3.04. The molecule has 0 saturated carbocycles. The quantitative estimate of drug-likeness (QED) is 0.662. The first-order valence-corrected chi connectivity index (χ1v) is 4.91. The van der Waals surface area contributed by atoms with Gasteiger partial charge < -0.3 is 25.4 Å². The van der Waals surface area contributed by atoms with E-state index in [9.17, 15) is 10.2 Å². The van der Waals surface area contributed by atoms with Gasteiger partial charge in [-0.1, -0.05) is 0 Å². The standard InChI is InChI=1S/C11H17NO4/c1-15-8-3-7(4-9(5-8)16-2)11(14)10(13)6-12/h3-5,10-11,13-14H,6,12H2,1-2H3. The lowest BCUT2D eigenvalue weighted by Crippen LogP contribution is -2.27. The van der Waals surface area contributed by atoms with Crippen molar-refractivity contribution >= 4 is 0 Å². The number of hydrogen-bond donors (Lipinski definition) is 3. The predicted octanol–water partition coefficient (Wildman–Crippen LogP) is 0.0568. The highest BCUT2D eigenvalue weighted by Gasteiger charge is 2.18. The molecule has 2 atom stereocenters. The van der Waals surface area contributed by atoms with Gasteiger partial charge in [0.05, 0.1) is 20.3 Å². The summed E-state index contributed by atoms with van der Waals surface area (Å²) in [5.41, 5.74) is 5.79. The lowest BCUT2D eigenvalue weighted by Gasteiger charge is -2.17. The highest BCUT2D eigenvalue weighted by Crippen LogP contribution is 2.27. The Bertz CT molecular complexity index is 321. The second-order valence-corrected chi connectivity index (χ2v) is 3.39. The molecule has 0 spiro atoms. The van der Waals surface area contributed by atoms with Gasteiger partial charge in [-0.25, -0.2) is 0 Å². The average molecular weight is 227 g/mol.